The Morgan fingerprint density at radius 2 is 1.80 bits per heavy atom. The van der Waals surface area contributed by atoms with Gasteiger partial charge in [-0.3, -0.25) is 5.43 Å². The van der Waals surface area contributed by atoms with E-state index >= 15 is 0 Å². The predicted molar refractivity (Wildman–Crippen MR) is 179 cm³/mol. The molecular weight excluding hydrogens is 738 g/mol. The van der Waals surface area contributed by atoms with Gasteiger partial charge in [0.05, 0.1) is 41.6 Å². The van der Waals surface area contributed by atoms with Crippen molar-refractivity contribution in [3.63, 3.8) is 0 Å². The molecule has 2 amide bonds. The maximum absolute atomic E-state index is 12.4. The molecule has 3 aromatic carbocycles. The number of rotatable bonds is 13. The Morgan fingerprint density at radius 1 is 1.09 bits per heavy atom. The number of hydrogen-bond acceptors (Lipinski definition) is 9. The van der Waals surface area contributed by atoms with Gasteiger partial charge in [0, 0.05) is 9.27 Å². The third-order valence-corrected chi connectivity index (χ3v) is 7.71. The Bertz CT molecular complexity index is 1580. The number of nitrogens with zero attached hydrogens (tertiary/aromatic N) is 1. The third-order valence-electron chi connectivity index (χ3n) is 6.43. The highest BCUT2D eigenvalue weighted by Crippen LogP contribution is 2.36. The zero-order valence-electron chi connectivity index (χ0n) is 24.5. The lowest BCUT2D eigenvalue weighted by Crippen LogP contribution is -2.45. The molecule has 0 saturated carbocycles. The molecule has 4 N–H and O–H groups in total. The molecule has 45 heavy (non-hydrogen) atoms. The summed E-state index contributed by atoms with van der Waals surface area (Å²) in [6.07, 6.45) is 0.268. The van der Waals surface area contributed by atoms with E-state index in [0.29, 0.717) is 57.3 Å². The van der Waals surface area contributed by atoms with Crippen molar-refractivity contribution < 1.29 is 33.6 Å². The van der Waals surface area contributed by atoms with Crippen LogP contribution < -0.4 is 30.3 Å². The Hall–Kier alpha value is -3.72. The molecule has 0 fully saturated rings. The maximum atomic E-state index is 12.4. The van der Waals surface area contributed by atoms with E-state index in [4.69, 9.17) is 42.1 Å². The van der Waals surface area contributed by atoms with E-state index < -0.39 is 24.3 Å². The normalized spacial score (nSPS) is 15.3. The van der Waals surface area contributed by atoms with Gasteiger partial charge in [0.25, 0.3) is 0 Å². The summed E-state index contributed by atoms with van der Waals surface area (Å²) < 4.78 is 23.4. The van der Waals surface area contributed by atoms with E-state index in [9.17, 15) is 14.7 Å². The molecule has 238 valence electrons. The molecule has 1 heterocycles. The van der Waals surface area contributed by atoms with Crippen LogP contribution in [0.1, 0.15) is 36.6 Å². The number of benzene rings is 3. The topological polar surface area (TPSA) is 140 Å². The van der Waals surface area contributed by atoms with Gasteiger partial charge in [-0.2, -0.15) is 5.10 Å². The van der Waals surface area contributed by atoms with Crippen molar-refractivity contribution in [2.45, 2.75) is 32.7 Å². The molecule has 0 aromatic heterocycles. The summed E-state index contributed by atoms with van der Waals surface area (Å²) in [5.74, 6) is 0.478. The van der Waals surface area contributed by atoms with Crippen molar-refractivity contribution in [2.24, 2.45) is 5.10 Å². The number of methoxy groups -OCH3 is 1. The van der Waals surface area contributed by atoms with Crippen molar-refractivity contribution in [1.29, 1.82) is 0 Å². The highest BCUT2D eigenvalue weighted by atomic mass is 127. The Balaban J connectivity index is 1.37. The second-order valence-electron chi connectivity index (χ2n) is 9.64. The third kappa shape index (κ3) is 9.16. The Morgan fingerprint density at radius 3 is 2.47 bits per heavy atom. The van der Waals surface area contributed by atoms with Crippen LogP contribution >= 0.6 is 45.8 Å². The second kappa shape index (κ2) is 16.0. The van der Waals surface area contributed by atoms with Gasteiger partial charge in [-0.15, -0.1) is 0 Å². The number of allylic oxidation sites excluding steroid dienone is 1. The number of amides is 2. The van der Waals surface area contributed by atoms with Crippen LogP contribution in [0.3, 0.4) is 0 Å². The van der Waals surface area contributed by atoms with E-state index in [-0.39, 0.29) is 12.2 Å². The zero-order chi connectivity index (χ0) is 32.5. The van der Waals surface area contributed by atoms with Crippen molar-refractivity contribution >= 4 is 64.0 Å². The standard InChI is InChI=1S/C31H31Cl2IN4O7/c1-4-43-25-13-20(28-27(30(40)42-3)17(2)36-31(41)37-28)7-10-24(25)44-16-26(39)38-35-14-19-11-22(32)29(23(33)12-19)45-15-18-5-8-21(34)9-6-18/h5-14,26,28,38-39H,4,15-16H2,1-3H3,(H2,36,37,41)/b35-14-/t26-,28-/m0/s1. The van der Waals surface area contributed by atoms with E-state index in [2.05, 4.69) is 43.8 Å². The van der Waals surface area contributed by atoms with E-state index in [0.717, 1.165) is 9.13 Å². The summed E-state index contributed by atoms with van der Waals surface area (Å²) in [6.45, 7) is 3.88. The summed E-state index contributed by atoms with van der Waals surface area (Å²) in [4.78, 5) is 24.6. The van der Waals surface area contributed by atoms with Gasteiger partial charge in [0.1, 0.15) is 13.2 Å². The number of ether oxygens (including phenoxy) is 4. The molecule has 0 radical (unpaired) electrons. The van der Waals surface area contributed by atoms with Crippen LogP contribution in [0.25, 0.3) is 0 Å². The van der Waals surface area contributed by atoms with Gasteiger partial charge in [0.2, 0.25) is 0 Å². The minimum Gasteiger partial charge on any atom is -0.490 e. The first-order valence-electron chi connectivity index (χ1n) is 13.7. The van der Waals surface area contributed by atoms with Crippen molar-refractivity contribution in [3.05, 3.63) is 96.2 Å². The quantitative estimate of drug-likeness (QED) is 0.0572. The number of hydrazone groups is 1. The average molecular weight is 769 g/mol. The summed E-state index contributed by atoms with van der Waals surface area (Å²) in [6, 6.07) is 14.9. The first-order chi connectivity index (χ1) is 21.6. The fourth-order valence-electron chi connectivity index (χ4n) is 4.35. The number of nitrogens with one attached hydrogen (secondary N) is 3. The number of halogens is 3. The molecule has 4 rings (SSSR count). The first-order valence-corrected chi connectivity index (χ1v) is 15.5. The van der Waals surface area contributed by atoms with Gasteiger partial charge in [-0.25, -0.2) is 9.59 Å². The van der Waals surface area contributed by atoms with Gasteiger partial charge in [-0.05, 0) is 89.5 Å². The van der Waals surface area contributed by atoms with Gasteiger partial charge < -0.3 is 34.7 Å². The molecular formula is C31H31Cl2IN4O7. The number of urea groups is 1. The SMILES string of the molecule is CCOc1cc([C@@H]2NC(=O)NC(C)=C2C(=O)OC)ccc1OC[C@H](O)N/N=C\c1cc(Cl)c(OCc2ccc(I)cc2)c(Cl)c1. The fraction of sp³-hybridized carbons (Fsp3) is 0.258. The number of aliphatic hydroxyl groups is 1. The zero-order valence-corrected chi connectivity index (χ0v) is 28.2. The molecule has 0 aliphatic carbocycles. The fourth-order valence-corrected chi connectivity index (χ4v) is 5.32. The van der Waals surface area contributed by atoms with Crippen LogP contribution in [-0.4, -0.2) is 49.9 Å². The van der Waals surface area contributed by atoms with Gasteiger partial charge in [0.15, 0.2) is 23.5 Å². The second-order valence-corrected chi connectivity index (χ2v) is 11.7. The maximum Gasteiger partial charge on any atom is 0.337 e. The van der Waals surface area contributed by atoms with E-state index in [1.807, 2.05) is 24.3 Å². The van der Waals surface area contributed by atoms with Crippen molar-refractivity contribution in [3.8, 4) is 17.2 Å². The predicted octanol–water partition coefficient (Wildman–Crippen LogP) is 5.70. The Labute approximate surface area is 284 Å². The van der Waals surface area contributed by atoms with Crippen molar-refractivity contribution in [2.75, 3.05) is 20.3 Å². The number of esters is 1. The smallest absolute Gasteiger partial charge is 0.337 e. The van der Waals surface area contributed by atoms with Gasteiger partial charge >= 0.3 is 12.0 Å². The monoisotopic (exact) mass is 768 g/mol. The number of carbonyl (C=O) groups is 2. The average Bonchev–Trinajstić information content (AvgIpc) is 3.00. The molecule has 1 aliphatic rings. The minimum absolute atomic E-state index is 0.180. The van der Waals surface area contributed by atoms with Crippen LogP contribution in [0, 0.1) is 3.57 Å². The number of aliphatic hydroxyl groups excluding tert-OH is 1. The summed E-state index contributed by atoms with van der Waals surface area (Å²) >= 11 is 15.1. The molecule has 11 nitrogen and oxygen atoms in total. The van der Waals surface area contributed by atoms with E-state index in [1.165, 1.54) is 13.3 Å². The summed E-state index contributed by atoms with van der Waals surface area (Å²) in [5, 5.41) is 20.4. The molecule has 2 atom stereocenters. The lowest BCUT2D eigenvalue weighted by Gasteiger charge is -2.28. The lowest BCUT2D eigenvalue weighted by atomic mass is 9.95. The Kier molecular flexibility index (Phi) is 12.2. The minimum atomic E-state index is -1.18. The molecule has 0 bridgehead atoms. The molecule has 0 saturated heterocycles. The van der Waals surface area contributed by atoms with Gasteiger partial charge in [-0.1, -0.05) is 41.4 Å². The highest BCUT2D eigenvalue weighted by Gasteiger charge is 2.32. The van der Waals surface area contributed by atoms with Crippen LogP contribution in [0.5, 0.6) is 17.2 Å². The first kappa shape index (κ1) is 34.2. The molecule has 0 spiro atoms. The van der Waals surface area contributed by atoms with E-state index in [1.54, 1.807) is 44.2 Å². The largest absolute Gasteiger partial charge is 0.490 e. The number of carbonyl (C=O) groups excluding carboxylic acids is 2. The highest BCUT2D eigenvalue weighted by molar-refractivity contribution is 14.1. The van der Waals surface area contributed by atoms with Crippen LogP contribution in [0.4, 0.5) is 4.79 Å². The molecule has 14 heteroatoms. The van der Waals surface area contributed by atoms with Crippen LogP contribution in [0.2, 0.25) is 10.0 Å². The number of hydrogen-bond donors (Lipinski definition) is 4. The molecule has 1 aliphatic heterocycles. The summed E-state index contributed by atoms with van der Waals surface area (Å²) in [5.41, 5.74) is 5.37. The molecule has 0 unspecified atom stereocenters. The summed E-state index contributed by atoms with van der Waals surface area (Å²) in [7, 11) is 1.27. The van der Waals surface area contributed by atoms with Crippen LogP contribution in [0.15, 0.2) is 71.0 Å². The van der Waals surface area contributed by atoms with Crippen LogP contribution in [-0.2, 0) is 16.1 Å². The van der Waals surface area contributed by atoms with Crippen molar-refractivity contribution in [1.82, 2.24) is 16.1 Å². The lowest BCUT2D eigenvalue weighted by molar-refractivity contribution is -0.136. The molecule has 3 aromatic rings.